The molecule has 1 rings (SSSR count). The summed E-state index contributed by atoms with van der Waals surface area (Å²) in [6, 6.07) is 8.82. The average Bonchev–Trinajstić information content (AvgIpc) is 2.58. The van der Waals surface area contributed by atoms with Crippen LogP contribution >= 0.6 is 24.0 Å². The minimum absolute atomic E-state index is 0. The number of hydrogen-bond donors (Lipinski definition) is 3. The highest BCUT2D eigenvalue weighted by Crippen LogP contribution is 2.14. The fourth-order valence-corrected chi connectivity index (χ4v) is 2.23. The van der Waals surface area contributed by atoms with Crippen LogP contribution in [0.3, 0.4) is 0 Å². The van der Waals surface area contributed by atoms with Crippen molar-refractivity contribution in [1.29, 1.82) is 0 Å². The molecule has 0 bridgehead atoms. The first kappa shape index (κ1) is 23.7. The zero-order chi connectivity index (χ0) is 17.9. The molecule has 0 aliphatic heterocycles. The molecule has 5 nitrogen and oxygen atoms in total. The topological polar surface area (TPSA) is 65.5 Å². The fourth-order valence-electron chi connectivity index (χ4n) is 2.23. The van der Waals surface area contributed by atoms with Gasteiger partial charge in [0.1, 0.15) is 0 Å². The van der Waals surface area contributed by atoms with Gasteiger partial charge in [0.05, 0.1) is 0 Å². The van der Waals surface area contributed by atoms with E-state index >= 15 is 0 Å². The molecule has 0 fully saturated rings. The summed E-state index contributed by atoms with van der Waals surface area (Å²) in [6.07, 6.45) is 1.39. The third-order valence-electron chi connectivity index (χ3n) is 4.11. The van der Waals surface area contributed by atoms with Crippen LogP contribution in [0.1, 0.15) is 50.7 Å². The van der Waals surface area contributed by atoms with Gasteiger partial charge in [-0.05, 0) is 31.7 Å². The second-order valence-electron chi connectivity index (χ2n) is 6.32. The number of guanidine groups is 1. The molecule has 2 atom stereocenters. The number of nitrogens with zero attached hydrogens (tertiary/aromatic N) is 1. The Kier molecular flexibility index (Phi) is 12.3. The molecule has 0 aromatic heterocycles. The molecule has 0 aliphatic rings. The summed E-state index contributed by atoms with van der Waals surface area (Å²) in [6.45, 7) is 9.71. The van der Waals surface area contributed by atoms with Gasteiger partial charge in [0.2, 0.25) is 5.91 Å². The molecule has 1 amide bonds. The van der Waals surface area contributed by atoms with Gasteiger partial charge in [-0.25, -0.2) is 0 Å². The van der Waals surface area contributed by atoms with Crippen molar-refractivity contribution in [2.45, 2.75) is 52.5 Å². The summed E-state index contributed by atoms with van der Waals surface area (Å²) in [5.41, 5.74) is 2.57. The van der Waals surface area contributed by atoms with Gasteiger partial charge in [-0.15, -0.1) is 24.0 Å². The third kappa shape index (κ3) is 9.67. The molecule has 6 heteroatoms. The van der Waals surface area contributed by atoms with Crippen LogP contribution < -0.4 is 16.0 Å². The van der Waals surface area contributed by atoms with Crippen LogP contribution in [0.2, 0.25) is 0 Å². The number of amides is 1. The predicted molar refractivity (Wildman–Crippen MR) is 117 cm³/mol. The van der Waals surface area contributed by atoms with E-state index in [-0.39, 0.29) is 35.9 Å². The van der Waals surface area contributed by atoms with Gasteiger partial charge in [-0.1, -0.05) is 43.7 Å². The molecule has 25 heavy (non-hydrogen) atoms. The van der Waals surface area contributed by atoms with Gasteiger partial charge in [0.25, 0.3) is 0 Å². The summed E-state index contributed by atoms with van der Waals surface area (Å²) in [5, 5.41) is 9.46. The highest BCUT2D eigenvalue weighted by molar-refractivity contribution is 14.0. The van der Waals surface area contributed by atoms with E-state index in [1.165, 1.54) is 11.1 Å². The van der Waals surface area contributed by atoms with E-state index in [1.807, 2.05) is 6.92 Å². The van der Waals surface area contributed by atoms with Gasteiger partial charge in [0.15, 0.2) is 5.96 Å². The van der Waals surface area contributed by atoms with Crippen molar-refractivity contribution in [2.24, 2.45) is 4.99 Å². The molecule has 3 N–H and O–H groups in total. The maximum absolute atomic E-state index is 11.7. The van der Waals surface area contributed by atoms with Crippen LogP contribution in [0.4, 0.5) is 0 Å². The Labute approximate surface area is 169 Å². The minimum Gasteiger partial charge on any atom is -0.356 e. The molecule has 1 aromatic carbocycles. The maximum Gasteiger partial charge on any atom is 0.221 e. The summed E-state index contributed by atoms with van der Waals surface area (Å²) in [5.74, 6) is 1.18. The minimum atomic E-state index is 0. The van der Waals surface area contributed by atoms with Crippen molar-refractivity contribution in [3.63, 3.8) is 0 Å². The summed E-state index contributed by atoms with van der Waals surface area (Å²) in [7, 11) is 1.74. The van der Waals surface area contributed by atoms with E-state index in [0.717, 1.165) is 18.9 Å². The van der Waals surface area contributed by atoms with Gasteiger partial charge >= 0.3 is 0 Å². The molecule has 142 valence electrons. The van der Waals surface area contributed by atoms with E-state index < -0.39 is 0 Å². The maximum atomic E-state index is 11.7. The molecule has 0 saturated carbocycles. The first-order chi connectivity index (χ1) is 11.5. The van der Waals surface area contributed by atoms with E-state index in [1.54, 1.807) is 7.05 Å². The van der Waals surface area contributed by atoms with E-state index in [4.69, 9.17) is 0 Å². The van der Waals surface area contributed by atoms with Crippen molar-refractivity contribution < 1.29 is 4.79 Å². The monoisotopic (exact) mass is 460 g/mol. The fraction of sp³-hybridized carbons (Fsp3) is 0.579. The molecule has 1 aromatic rings. The standard InChI is InChI=1S/C19H32N4O.HI/c1-6-16(4)23-18(24)11-12-21-19(20-5)22-13-15(3)17-9-7-14(2)8-10-17;/h7-10,15-16H,6,11-13H2,1-5H3,(H,23,24)(H2,20,21,22);1H. The number of carbonyl (C=O) groups excluding carboxylic acids is 1. The predicted octanol–water partition coefficient (Wildman–Crippen LogP) is 3.19. The Balaban J connectivity index is 0.00000576. The lowest BCUT2D eigenvalue weighted by Gasteiger charge is -2.17. The Morgan fingerprint density at radius 2 is 1.80 bits per heavy atom. The Hall–Kier alpha value is -1.31. The van der Waals surface area contributed by atoms with Crippen LogP contribution in [0, 0.1) is 6.92 Å². The van der Waals surface area contributed by atoms with Crippen LogP contribution in [0.5, 0.6) is 0 Å². The second kappa shape index (κ2) is 13.0. The molecule has 0 aliphatic carbocycles. The molecular weight excluding hydrogens is 427 g/mol. The van der Waals surface area contributed by atoms with Crippen LogP contribution in [0.15, 0.2) is 29.3 Å². The van der Waals surface area contributed by atoms with Gasteiger partial charge in [-0.2, -0.15) is 0 Å². The number of hydrogen-bond acceptors (Lipinski definition) is 2. The second-order valence-corrected chi connectivity index (χ2v) is 6.32. The number of rotatable bonds is 8. The highest BCUT2D eigenvalue weighted by Gasteiger charge is 2.08. The summed E-state index contributed by atoms with van der Waals surface area (Å²) >= 11 is 0. The number of carbonyl (C=O) groups is 1. The van der Waals surface area contributed by atoms with Crippen molar-refractivity contribution in [3.05, 3.63) is 35.4 Å². The lowest BCUT2D eigenvalue weighted by molar-refractivity contribution is -0.121. The Morgan fingerprint density at radius 3 is 2.36 bits per heavy atom. The van der Waals surface area contributed by atoms with Crippen LogP contribution in [-0.4, -0.2) is 38.0 Å². The first-order valence-electron chi connectivity index (χ1n) is 8.76. The van der Waals surface area contributed by atoms with Crippen molar-refractivity contribution in [3.8, 4) is 0 Å². The van der Waals surface area contributed by atoms with E-state index in [9.17, 15) is 4.79 Å². The number of aliphatic imine (C=N–C) groups is 1. The van der Waals surface area contributed by atoms with Crippen molar-refractivity contribution in [2.75, 3.05) is 20.1 Å². The zero-order valence-corrected chi connectivity index (χ0v) is 18.4. The molecule has 2 unspecified atom stereocenters. The van der Waals surface area contributed by atoms with Crippen LogP contribution in [-0.2, 0) is 4.79 Å². The normalized spacial score (nSPS) is 13.4. The summed E-state index contributed by atoms with van der Waals surface area (Å²) in [4.78, 5) is 16.0. The molecule has 0 radical (unpaired) electrons. The van der Waals surface area contributed by atoms with E-state index in [0.29, 0.717) is 18.9 Å². The zero-order valence-electron chi connectivity index (χ0n) is 16.1. The molecule has 0 spiro atoms. The van der Waals surface area contributed by atoms with Gasteiger partial charge in [-0.3, -0.25) is 9.79 Å². The van der Waals surface area contributed by atoms with Crippen molar-refractivity contribution >= 4 is 35.8 Å². The first-order valence-corrected chi connectivity index (χ1v) is 8.76. The average molecular weight is 460 g/mol. The van der Waals surface area contributed by atoms with Gasteiger partial charge in [0, 0.05) is 32.6 Å². The lowest BCUT2D eigenvalue weighted by Crippen LogP contribution is -2.41. The van der Waals surface area contributed by atoms with Crippen LogP contribution in [0.25, 0.3) is 0 Å². The SMILES string of the molecule is CCC(C)NC(=O)CCNC(=NC)NCC(C)c1ccc(C)cc1.I. The van der Waals surface area contributed by atoms with Crippen molar-refractivity contribution in [1.82, 2.24) is 16.0 Å². The Bertz CT molecular complexity index is 531. The molecule has 0 saturated heterocycles. The molecular formula is C19H33IN4O. The number of benzene rings is 1. The molecule has 0 heterocycles. The smallest absolute Gasteiger partial charge is 0.221 e. The largest absolute Gasteiger partial charge is 0.356 e. The number of halogens is 1. The van der Waals surface area contributed by atoms with E-state index in [2.05, 4.69) is 66.0 Å². The van der Waals surface area contributed by atoms with Gasteiger partial charge < -0.3 is 16.0 Å². The quantitative estimate of drug-likeness (QED) is 0.317. The lowest BCUT2D eigenvalue weighted by atomic mass is 10.0. The third-order valence-corrected chi connectivity index (χ3v) is 4.11. The number of nitrogens with one attached hydrogen (secondary N) is 3. The number of aryl methyl sites for hydroxylation is 1. The Morgan fingerprint density at radius 1 is 1.16 bits per heavy atom. The summed E-state index contributed by atoms with van der Waals surface area (Å²) < 4.78 is 0. The highest BCUT2D eigenvalue weighted by atomic mass is 127.